The number of aryl methyl sites for hydroxylation is 3. The largest absolute Gasteiger partial charge is 0.455 e. The predicted molar refractivity (Wildman–Crippen MR) is 135 cm³/mol. The predicted octanol–water partition coefficient (Wildman–Crippen LogP) is 7.92. The van der Waals surface area contributed by atoms with E-state index in [1.807, 2.05) is 0 Å². The Morgan fingerprint density at radius 2 is 1.72 bits per heavy atom. The Kier molecular flexibility index (Phi) is 4.64. The lowest BCUT2D eigenvalue weighted by molar-refractivity contribution is -0.659. The highest BCUT2D eigenvalue weighted by atomic mass is 16.5. The van der Waals surface area contributed by atoms with Crippen molar-refractivity contribution >= 4 is 21.5 Å². The molecule has 0 saturated heterocycles. The number of rotatable bonds is 2. The number of pyridine rings is 1. The molecule has 5 rings (SSSR count). The van der Waals surface area contributed by atoms with Crippen LogP contribution in [0.2, 0.25) is 0 Å². The van der Waals surface area contributed by atoms with Crippen LogP contribution in [0.3, 0.4) is 0 Å². The SMILES string of the molecule is Cc1c2c(c(C)c3c(C(C)C)cccc13)Oc1cc(CC(C)(C)C)cc3cc[n+](C)c-2c13. The van der Waals surface area contributed by atoms with E-state index in [4.69, 9.17) is 4.74 Å². The van der Waals surface area contributed by atoms with E-state index in [0.29, 0.717) is 5.92 Å². The van der Waals surface area contributed by atoms with Gasteiger partial charge in [-0.15, -0.1) is 0 Å². The minimum absolute atomic E-state index is 0.226. The molecule has 0 bridgehead atoms. The third-order valence-electron chi connectivity index (χ3n) is 6.88. The fourth-order valence-corrected chi connectivity index (χ4v) is 5.53. The van der Waals surface area contributed by atoms with E-state index in [1.165, 1.54) is 55.1 Å². The monoisotopic (exact) mass is 424 g/mol. The summed E-state index contributed by atoms with van der Waals surface area (Å²) in [5, 5.41) is 5.17. The van der Waals surface area contributed by atoms with Crippen LogP contribution in [0, 0.1) is 19.3 Å². The van der Waals surface area contributed by atoms with Crippen LogP contribution in [0.15, 0.2) is 42.6 Å². The van der Waals surface area contributed by atoms with Crippen LogP contribution in [0.25, 0.3) is 32.8 Å². The highest BCUT2D eigenvalue weighted by Gasteiger charge is 2.32. The molecule has 1 aliphatic heterocycles. The number of aromatic nitrogens is 1. The first kappa shape index (κ1) is 21.0. The van der Waals surface area contributed by atoms with Crippen LogP contribution in [-0.2, 0) is 13.5 Å². The minimum atomic E-state index is 0.226. The average molecular weight is 425 g/mol. The summed E-state index contributed by atoms with van der Waals surface area (Å²) in [5.41, 5.74) is 8.00. The third kappa shape index (κ3) is 3.11. The van der Waals surface area contributed by atoms with Crippen molar-refractivity contribution in [2.45, 2.75) is 60.8 Å². The number of benzene rings is 3. The van der Waals surface area contributed by atoms with E-state index >= 15 is 0 Å². The molecule has 2 heterocycles. The van der Waals surface area contributed by atoms with Gasteiger partial charge in [0.2, 0.25) is 5.69 Å². The van der Waals surface area contributed by atoms with Gasteiger partial charge >= 0.3 is 0 Å². The summed E-state index contributed by atoms with van der Waals surface area (Å²) < 4.78 is 9.07. The number of hydrogen-bond donors (Lipinski definition) is 0. The fraction of sp³-hybridized carbons (Fsp3) is 0.367. The number of ether oxygens (including phenoxy) is 1. The quantitative estimate of drug-likeness (QED) is 0.262. The summed E-state index contributed by atoms with van der Waals surface area (Å²) in [5.74, 6) is 2.47. The fourth-order valence-electron chi connectivity index (χ4n) is 5.53. The van der Waals surface area contributed by atoms with E-state index in [2.05, 4.69) is 103 Å². The zero-order valence-electron chi connectivity index (χ0n) is 20.7. The highest BCUT2D eigenvalue weighted by molar-refractivity contribution is 6.07. The van der Waals surface area contributed by atoms with Gasteiger partial charge in [0.1, 0.15) is 18.5 Å². The van der Waals surface area contributed by atoms with Crippen LogP contribution in [0.1, 0.15) is 62.8 Å². The molecule has 2 heteroatoms. The number of hydrogen-bond acceptors (Lipinski definition) is 1. The maximum Gasteiger partial charge on any atom is 0.228 e. The van der Waals surface area contributed by atoms with Crippen LogP contribution in [0.4, 0.5) is 0 Å². The maximum absolute atomic E-state index is 6.80. The molecule has 164 valence electrons. The Hall–Kier alpha value is -2.87. The van der Waals surface area contributed by atoms with Crippen LogP contribution >= 0.6 is 0 Å². The molecule has 3 aromatic carbocycles. The topological polar surface area (TPSA) is 13.1 Å². The molecule has 0 radical (unpaired) electrons. The van der Waals surface area contributed by atoms with Crippen LogP contribution in [-0.4, -0.2) is 0 Å². The van der Waals surface area contributed by atoms with Gasteiger partial charge in [0.25, 0.3) is 0 Å². The van der Waals surface area contributed by atoms with Crippen molar-refractivity contribution < 1.29 is 9.30 Å². The molecule has 2 nitrogen and oxygen atoms in total. The molecule has 0 atom stereocenters. The van der Waals surface area contributed by atoms with Crippen molar-refractivity contribution in [2.75, 3.05) is 0 Å². The van der Waals surface area contributed by atoms with Crippen molar-refractivity contribution in [1.82, 2.24) is 0 Å². The summed E-state index contributed by atoms with van der Waals surface area (Å²) in [6.45, 7) is 15.9. The van der Waals surface area contributed by atoms with Crippen LogP contribution in [0.5, 0.6) is 11.5 Å². The Balaban J connectivity index is 1.89. The maximum atomic E-state index is 6.80. The van der Waals surface area contributed by atoms with Gasteiger partial charge in [-0.25, -0.2) is 4.57 Å². The van der Waals surface area contributed by atoms with E-state index in [1.54, 1.807) is 0 Å². The average Bonchev–Trinajstić information content (AvgIpc) is 2.72. The Morgan fingerprint density at radius 3 is 2.41 bits per heavy atom. The summed E-state index contributed by atoms with van der Waals surface area (Å²) in [6.07, 6.45) is 3.22. The second-order valence-corrected chi connectivity index (χ2v) is 11.1. The van der Waals surface area contributed by atoms with Gasteiger partial charge in [-0.2, -0.15) is 0 Å². The summed E-state index contributed by atoms with van der Waals surface area (Å²) in [6, 6.07) is 13.6. The van der Waals surface area contributed by atoms with Gasteiger partial charge in [0, 0.05) is 11.6 Å². The first-order chi connectivity index (χ1) is 15.1. The first-order valence-electron chi connectivity index (χ1n) is 11.8. The van der Waals surface area contributed by atoms with E-state index in [-0.39, 0.29) is 5.41 Å². The number of fused-ring (bicyclic) bond motifs is 3. The molecule has 0 spiro atoms. The van der Waals surface area contributed by atoms with Gasteiger partial charge in [-0.3, -0.25) is 0 Å². The lowest BCUT2D eigenvalue weighted by atomic mass is 9.84. The van der Waals surface area contributed by atoms with Crippen molar-refractivity contribution in [2.24, 2.45) is 12.5 Å². The van der Waals surface area contributed by atoms with Gasteiger partial charge in [0.05, 0.1) is 10.9 Å². The molecule has 0 amide bonds. The Bertz CT molecular complexity index is 1400. The van der Waals surface area contributed by atoms with Crippen molar-refractivity contribution in [1.29, 1.82) is 0 Å². The zero-order chi connectivity index (χ0) is 22.9. The third-order valence-corrected chi connectivity index (χ3v) is 6.88. The second kappa shape index (κ2) is 7.07. The molecule has 0 saturated carbocycles. The lowest BCUT2D eigenvalue weighted by Crippen LogP contribution is -2.32. The Morgan fingerprint density at radius 1 is 0.969 bits per heavy atom. The van der Waals surface area contributed by atoms with Crippen LogP contribution < -0.4 is 9.30 Å². The molecule has 4 aromatic rings. The molecule has 1 aromatic heterocycles. The number of nitrogens with zero attached hydrogens (tertiary/aromatic N) is 1. The van der Waals surface area contributed by atoms with Crippen molar-refractivity contribution in [3.8, 4) is 22.8 Å². The summed E-state index contributed by atoms with van der Waals surface area (Å²) in [4.78, 5) is 0. The van der Waals surface area contributed by atoms with E-state index in [0.717, 1.165) is 17.9 Å². The molecule has 0 fully saturated rings. The highest BCUT2D eigenvalue weighted by Crippen LogP contribution is 2.51. The van der Waals surface area contributed by atoms with Gasteiger partial charge in [-0.1, -0.05) is 58.9 Å². The first-order valence-corrected chi connectivity index (χ1v) is 11.8. The molecule has 0 aliphatic carbocycles. The van der Waals surface area contributed by atoms with Crippen molar-refractivity contribution in [3.63, 3.8) is 0 Å². The van der Waals surface area contributed by atoms with Gasteiger partial charge < -0.3 is 4.74 Å². The molecule has 1 aliphatic rings. The normalized spacial score (nSPS) is 13.0. The molecule has 0 unspecified atom stereocenters. The van der Waals surface area contributed by atoms with E-state index in [9.17, 15) is 0 Å². The lowest BCUT2D eigenvalue weighted by Gasteiger charge is -2.26. The van der Waals surface area contributed by atoms with Gasteiger partial charge in [-0.05, 0) is 70.5 Å². The molecule has 0 N–H and O–H groups in total. The minimum Gasteiger partial charge on any atom is -0.455 e. The van der Waals surface area contributed by atoms with E-state index < -0.39 is 0 Å². The molecular weight excluding hydrogens is 390 g/mol. The smallest absolute Gasteiger partial charge is 0.228 e. The second-order valence-electron chi connectivity index (χ2n) is 11.1. The Labute approximate surface area is 191 Å². The standard InChI is InChI=1S/C30H34NO/c1-17(2)22-10-9-11-23-18(3)26-28-27-21(12-13-31(28)8)14-20(16-30(5,6)7)15-24(27)32-29(26)19(4)25(22)23/h9-15,17H,16H2,1-8H3/q+1. The van der Waals surface area contributed by atoms with Gasteiger partial charge in [0.15, 0.2) is 6.20 Å². The van der Waals surface area contributed by atoms with Crippen molar-refractivity contribution in [3.05, 3.63) is 64.8 Å². The summed E-state index contributed by atoms with van der Waals surface area (Å²) >= 11 is 0. The summed E-state index contributed by atoms with van der Waals surface area (Å²) in [7, 11) is 2.15. The zero-order valence-corrected chi connectivity index (χ0v) is 20.7. The molecule has 32 heavy (non-hydrogen) atoms. The molecular formula is C30H34NO+.